The van der Waals surface area contributed by atoms with Gasteiger partial charge in [-0.25, -0.2) is 18.7 Å². The van der Waals surface area contributed by atoms with E-state index >= 15 is 8.78 Å². The summed E-state index contributed by atoms with van der Waals surface area (Å²) in [5, 5.41) is 0. The summed E-state index contributed by atoms with van der Waals surface area (Å²) in [6.45, 7) is 7.66. The van der Waals surface area contributed by atoms with E-state index in [-0.39, 0.29) is 48.7 Å². The first-order valence-electron chi connectivity index (χ1n) is 14.4. The van der Waals surface area contributed by atoms with Crippen molar-refractivity contribution in [3.63, 3.8) is 0 Å². The summed E-state index contributed by atoms with van der Waals surface area (Å²) in [6, 6.07) is 1.15. The van der Waals surface area contributed by atoms with Gasteiger partial charge >= 0.3 is 6.18 Å². The Morgan fingerprint density at radius 1 is 0.956 bits per heavy atom. The van der Waals surface area contributed by atoms with Gasteiger partial charge in [-0.3, -0.25) is 9.59 Å². The van der Waals surface area contributed by atoms with Gasteiger partial charge in [0.1, 0.15) is 11.6 Å². The van der Waals surface area contributed by atoms with Crippen molar-refractivity contribution in [2.24, 2.45) is 12.8 Å². The molecule has 0 bridgehead atoms. The number of likely N-dealkylation sites (N-methyl/N-ethyl adjacent to an activating group) is 1. The molecule has 0 unspecified atom stereocenters. The van der Waals surface area contributed by atoms with E-state index in [1.54, 1.807) is 4.90 Å². The number of amides is 1. The molecule has 1 aromatic carbocycles. The number of carbonyl (C=O) groups is 1. The number of ether oxygens (including phenoxy) is 1. The maximum Gasteiger partial charge on any atom is 0.417 e. The Morgan fingerprint density at radius 3 is 2.13 bits per heavy atom. The molecule has 0 saturated carbocycles. The number of benzene rings is 1. The molecule has 15 heteroatoms. The number of nitrogens with zero attached hydrogens (tertiary/aromatic N) is 6. The maximum atomic E-state index is 16.9. The van der Waals surface area contributed by atoms with Crippen LogP contribution in [0.5, 0.6) is 0 Å². The monoisotopic (exact) mass is 635 g/mol. The lowest BCUT2D eigenvalue weighted by Crippen LogP contribution is -2.50. The molecule has 3 aromatic rings. The van der Waals surface area contributed by atoms with E-state index in [0.29, 0.717) is 25.6 Å². The van der Waals surface area contributed by atoms with Crippen molar-refractivity contribution < 1.29 is 31.5 Å². The molecular formula is C30H34F5N7O3. The number of halogens is 5. The number of primary amides is 1. The van der Waals surface area contributed by atoms with Crippen LogP contribution < -0.4 is 21.1 Å². The molecule has 242 valence electrons. The fourth-order valence-corrected chi connectivity index (χ4v) is 6.03. The lowest BCUT2D eigenvalue weighted by Gasteiger charge is -2.40. The van der Waals surface area contributed by atoms with Crippen LogP contribution in [0, 0.1) is 11.6 Å². The van der Waals surface area contributed by atoms with Gasteiger partial charge < -0.3 is 29.7 Å². The Hall–Kier alpha value is -4.11. The number of morpholine rings is 1. The van der Waals surface area contributed by atoms with Crippen molar-refractivity contribution in [3.05, 3.63) is 57.6 Å². The molecule has 10 nitrogen and oxygen atoms in total. The van der Waals surface area contributed by atoms with Crippen molar-refractivity contribution in [2.45, 2.75) is 45.2 Å². The minimum Gasteiger partial charge on any atom is -0.372 e. The molecule has 2 fully saturated rings. The first-order chi connectivity index (χ1) is 21.1. The van der Waals surface area contributed by atoms with Crippen LogP contribution in [0.2, 0.25) is 0 Å². The highest BCUT2D eigenvalue weighted by atomic mass is 19.4. The van der Waals surface area contributed by atoms with E-state index in [1.165, 1.54) is 12.4 Å². The number of hydrogen-bond donors (Lipinski definition) is 1. The summed E-state index contributed by atoms with van der Waals surface area (Å²) in [5.74, 6) is -3.54. The number of anilines is 2. The zero-order valence-electron chi connectivity index (χ0n) is 25.5. The largest absolute Gasteiger partial charge is 0.417 e. The smallest absolute Gasteiger partial charge is 0.372 e. The minimum absolute atomic E-state index is 0.0927. The summed E-state index contributed by atoms with van der Waals surface area (Å²) in [5.41, 5.74) is -0.544. The van der Waals surface area contributed by atoms with Gasteiger partial charge in [0.2, 0.25) is 5.95 Å². The number of aromatic nitrogens is 3. The second-order valence-corrected chi connectivity index (χ2v) is 11.7. The lowest BCUT2D eigenvalue weighted by molar-refractivity contribution is -0.138. The average Bonchev–Trinajstić information content (AvgIpc) is 2.95. The minimum atomic E-state index is -5.17. The molecule has 0 aliphatic carbocycles. The van der Waals surface area contributed by atoms with Crippen LogP contribution in [0.4, 0.5) is 33.6 Å². The van der Waals surface area contributed by atoms with Crippen molar-refractivity contribution in [1.29, 1.82) is 0 Å². The van der Waals surface area contributed by atoms with E-state index in [1.807, 2.05) is 37.6 Å². The van der Waals surface area contributed by atoms with Gasteiger partial charge in [0.15, 0.2) is 0 Å². The fourth-order valence-electron chi connectivity index (χ4n) is 6.03. The predicted molar refractivity (Wildman–Crippen MR) is 158 cm³/mol. The third-order valence-electron chi connectivity index (χ3n) is 8.36. The fraction of sp³-hybridized carbons (Fsp3) is 0.467. The normalized spacial score (nSPS) is 21.3. The molecule has 4 heterocycles. The van der Waals surface area contributed by atoms with Crippen molar-refractivity contribution in [3.8, 4) is 22.4 Å². The van der Waals surface area contributed by atoms with Crippen LogP contribution >= 0.6 is 0 Å². The lowest BCUT2D eigenvalue weighted by atomic mass is 9.93. The molecule has 45 heavy (non-hydrogen) atoms. The number of carbonyl (C=O) groups excluding carboxylic acids is 1. The molecule has 0 spiro atoms. The quantitative estimate of drug-likeness (QED) is 0.424. The molecule has 2 N–H and O–H groups in total. The van der Waals surface area contributed by atoms with Crippen LogP contribution in [0.25, 0.3) is 22.4 Å². The molecule has 2 aliphatic heterocycles. The van der Waals surface area contributed by atoms with E-state index in [2.05, 4.69) is 9.97 Å². The van der Waals surface area contributed by atoms with E-state index in [9.17, 15) is 22.8 Å². The number of hydrogen-bond acceptors (Lipinski definition) is 8. The number of piperazine rings is 1. The second-order valence-electron chi connectivity index (χ2n) is 11.7. The molecule has 0 radical (unpaired) electrons. The topological polar surface area (TPSA) is 110 Å². The molecular weight excluding hydrogens is 601 g/mol. The number of alkyl halides is 3. The van der Waals surface area contributed by atoms with Crippen LogP contribution in [0.1, 0.15) is 36.7 Å². The van der Waals surface area contributed by atoms with Gasteiger partial charge in [-0.15, -0.1) is 0 Å². The molecule has 5 rings (SSSR count). The Kier molecular flexibility index (Phi) is 8.61. The molecule has 2 aromatic heterocycles. The van der Waals surface area contributed by atoms with Gasteiger partial charge in [0, 0.05) is 69.8 Å². The van der Waals surface area contributed by atoms with E-state index in [0.717, 1.165) is 17.7 Å². The van der Waals surface area contributed by atoms with Gasteiger partial charge in [0.05, 0.1) is 45.8 Å². The highest BCUT2D eigenvalue weighted by Gasteiger charge is 2.40. The van der Waals surface area contributed by atoms with Gasteiger partial charge in [-0.1, -0.05) is 0 Å². The summed E-state index contributed by atoms with van der Waals surface area (Å²) in [7, 11) is 2.97. The Bertz CT molecular complexity index is 1670. The van der Waals surface area contributed by atoms with Gasteiger partial charge in [-0.2, -0.15) is 13.2 Å². The van der Waals surface area contributed by atoms with Crippen LogP contribution in [-0.4, -0.2) is 83.4 Å². The second kappa shape index (κ2) is 12.0. The van der Waals surface area contributed by atoms with E-state index in [4.69, 9.17) is 10.5 Å². The van der Waals surface area contributed by atoms with Crippen molar-refractivity contribution >= 4 is 17.5 Å². The van der Waals surface area contributed by atoms with Crippen LogP contribution in [0.3, 0.4) is 0 Å². The summed E-state index contributed by atoms with van der Waals surface area (Å²) in [6.07, 6.45) is -2.94. The SMILES string of the molecule is C[C@@H]1CN(c2ncc(-c3c(F)cc(N4CCN(C)[C@@H](C)C4)c(-c4c(C(N)=O)c(C(F)(F)F)cc(=O)n4C)c3F)cn2)C[C@@H](C)O1. The average molecular weight is 636 g/mol. The Balaban J connectivity index is 1.76. The third-order valence-corrected chi connectivity index (χ3v) is 8.36. The standard InChI is InChI=1S/C30H34F5N7O3/c1-15-12-41(7-6-39(15)4)21-9-20(31)23(18-10-37-29(38-11-18)42-13-16(2)45-17(3)14-42)26(32)25(21)27-24(28(36)44)19(30(33,34)35)8-22(43)40(27)5/h8-11,15-17H,6-7,12-14H2,1-5H3,(H2,36,44)/t15-,16+,17+/m0/s1. The third kappa shape index (κ3) is 6.10. The Morgan fingerprint density at radius 2 is 1.58 bits per heavy atom. The van der Waals surface area contributed by atoms with Gasteiger partial charge in [-0.05, 0) is 33.9 Å². The molecule has 2 aliphatic rings. The number of nitrogens with two attached hydrogens (primary N) is 1. The first-order valence-corrected chi connectivity index (χ1v) is 14.4. The first kappa shape index (κ1) is 32.3. The Labute approximate surface area is 256 Å². The highest BCUT2D eigenvalue weighted by Crippen LogP contribution is 2.44. The highest BCUT2D eigenvalue weighted by molar-refractivity contribution is 6.02. The van der Waals surface area contributed by atoms with Crippen molar-refractivity contribution in [2.75, 3.05) is 49.6 Å². The summed E-state index contributed by atoms with van der Waals surface area (Å²) in [4.78, 5) is 39.6. The predicted octanol–water partition coefficient (Wildman–Crippen LogP) is 3.66. The molecule has 3 atom stereocenters. The molecule has 2 saturated heterocycles. The number of pyridine rings is 1. The zero-order valence-corrected chi connectivity index (χ0v) is 25.5. The van der Waals surface area contributed by atoms with Crippen LogP contribution in [0.15, 0.2) is 29.3 Å². The van der Waals surface area contributed by atoms with Crippen molar-refractivity contribution in [1.82, 2.24) is 19.4 Å². The molecule has 1 amide bonds. The summed E-state index contributed by atoms with van der Waals surface area (Å²) >= 11 is 0. The maximum absolute atomic E-state index is 16.9. The summed E-state index contributed by atoms with van der Waals surface area (Å²) < 4.78 is 81.8. The van der Waals surface area contributed by atoms with Gasteiger partial charge in [0.25, 0.3) is 11.5 Å². The number of rotatable bonds is 5. The van der Waals surface area contributed by atoms with Crippen LogP contribution in [-0.2, 0) is 18.0 Å². The zero-order chi connectivity index (χ0) is 33.0. The van der Waals surface area contributed by atoms with E-state index < -0.39 is 57.2 Å².